The van der Waals surface area contributed by atoms with Crippen molar-refractivity contribution in [1.29, 1.82) is 0 Å². The van der Waals surface area contributed by atoms with Gasteiger partial charge in [-0.1, -0.05) is 63.4 Å². The van der Waals surface area contributed by atoms with Crippen LogP contribution >= 0.6 is 39.1 Å². The first-order valence-corrected chi connectivity index (χ1v) is 10.2. The molecule has 0 saturated heterocycles. The van der Waals surface area contributed by atoms with Crippen molar-refractivity contribution in [3.8, 4) is 0 Å². The Hall–Kier alpha value is -0.590. The van der Waals surface area contributed by atoms with E-state index in [9.17, 15) is 8.42 Å². The number of halogens is 3. The molecule has 0 fully saturated rings. The lowest BCUT2D eigenvalue weighted by Gasteiger charge is -2.19. The summed E-state index contributed by atoms with van der Waals surface area (Å²) >= 11 is 15.7. The molecule has 2 aromatic rings. The molecule has 0 radical (unpaired) electrons. The molecule has 0 saturated carbocycles. The lowest BCUT2D eigenvalue weighted by molar-refractivity contribution is 0.293. The fraction of sp³-hybridized carbons (Fsp3) is 0.250. The second kappa shape index (κ2) is 7.99. The molecule has 0 bridgehead atoms. The van der Waals surface area contributed by atoms with Gasteiger partial charge >= 0.3 is 0 Å². The fourth-order valence-electron chi connectivity index (χ4n) is 2.22. The summed E-state index contributed by atoms with van der Waals surface area (Å²) in [6, 6.07) is 12.9. The van der Waals surface area contributed by atoms with E-state index < -0.39 is 10.1 Å². The van der Waals surface area contributed by atoms with E-state index in [0.717, 1.165) is 21.9 Å². The van der Waals surface area contributed by atoms with Gasteiger partial charge < -0.3 is 0 Å². The van der Waals surface area contributed by atoms with E-state index in [1.54, 1.807) is 12.1 Å². The first kappa shape index (κ1) is 18.7. The zero-order valence-electron chi connectivity index (χ0n) is 12.3. The Morgan fingerprint density at radius 2 is 1.87 bits per heavy atom. The molecule has 0 N–H and O–H groups in total. The number of hydrogen-bond acceptors (Lipinski definition) is 3. The average Bonchev–Trinajstić information content (AvgIpc) is 2.45. The minimum absolute atomic E-state index is 0.0421. The largest absolute Gasteiger partial charge is 0.270 e. The van der Waals surface area contributed by atoms with Crippen molar-refractivity contribution in [3.05, 3.63) is 68.1 Å². The van der Waals surface area contributed by atoms with Crippen LogP contribution in [0, 0.1) is 0 Å². The maximum atomic E-state index is 11.3. The molecule has 0 aliphatic rings. The van der Waals surface area contributed by atoms with E-state index in [0.29, 0.717) is 16.5 Å². The first-order valence-electron chi connectivity index (χ1n) is 6.79. The van der Waals surface area contributed by atoms with Gasteiger partial charge in [0, 0.05) is 20.4 Å². The fourth-order valence-corrected chi connectivity index (χ4v) is 3.73. The second-order valence-electron chi connectivity index (χ2n) is 5.15. The van der Waals surface area contributed by atoms with Crippen LogP contribution in [0.3, 0.4) is 0 Å². The van der Waals surface area contributed by atoms with Gasteiger partial charge in [0.25, 0.3) is 10.1 Å². The van der Waals surface area contributed by atoms with Crippen molar-refractivity contribution >= 4 is 49.2 Å². The van der Waals surface area contributed by atoms with Crippen LogP contribution in [0.15, 0.2) is 46.9 Å². The van der Waals surface area contributed by atoms with Crippen LogP contribution in [-0.2, 0) is 20.7 Å². The van der Waals surface area contributed by atoms with Crippen LogP contribution < -0.4 is 0 Å². The Bertz CT molecular complexity index is 794. The number of hydrogen-bond donors (Lipinski definition) is 0. The highest BCUT2D eigenvalue weighted by molar-refractivity contribution is 9.10. The molecule has 0 heterocycles. The van der Waals surface area contributed by atoms with Gasteiger partial charge in [-0.25, -0.2) is 0 Å². The maximum absolute atomic E-state index is 11.3. The topological polar surface area (TPSA) is 43.4 Å². The summed E-state index contributed by atoms with van der Waals surface area (Å²) in [5, 5.41) is 1.11. The quantitative estimate of drug-likeness (QED) is 0.593. The van der Waals surface area contributed by atoms with Crippen LogP contribution in [0.4, 0.5) is 0 Å². The summed E-state index contributed by atoms with van der Waals surface area (Å²) < 4.78 is 28.6. The van der Waals surface area contributed by atoms with Crippen molar-refractivity contribution in [1.82, 2.24) is 0 Å². The average molecular weight is 438 g/mol. The predicted molar refractivity (Wildman–Crippen MR) is 97.8 cm³/mol. The molecule has 1 atom stereocenters. The van der Waals surface area contributed by atoms with Crippen LogP contribution in [0.2, 0.25) is 10.0 Å². The molecule has 0 amide bonds. The van der Waals surface area contributed by atoms with Gasteiger partial charge in [-0.2, -0.15) is 8.42 Å². The Morgan fingerprint density at radius 3 is 2.48 bits per heavy atom. The highest BCUT2D eigenvalue weighted by atomic mass is 79.9. The second-order valence-corrected chi connectivity index (χ2v) is 8.49. The van der Waals surface area contributed by atoms with Crippen molar-refractivity contribution < 1.29 is 12.6 Å². The maximum Gasteiger partial charge on any atom is 0.264 e. The molecule has 0 unspecified atom stereocenters. The third-order valence-electron chi connectivity index (χ3n) is 3.31. The minimum atomic E-state index is -3.52. The Kier molecular flexibility index (Phi) is 6.51. The van der Waals surface area contributed by atoms with Gasteiger partial charge in [-0.05, 0) is 35.7 Å². The SMILES string of the molecule is CS(=O)(=O)OC[C@@H](Cc1ccc(Cl)cc1Cl)c1ccccc1Br. The van der Waals surface area contributed by atoms with E-state index in [-0.39, 0.29) is 12.5 Å². The zero-order chi connectivity index (χ0) is 17.0. The molecular formula is C16H15BrCl2O3S. The zero-order valence-corrected chi connectivity index (χ0v) is 16.2. The van der Waals surface area contributed by atoms with Gasteiger partial charge in [0.1, 0.15) is 0 Å². The van der Waals surface area contributed by atoms with Crippen molar-refractivity contribution in [3.63, 3.8) is 0 Å². The molecule has 0 aliphatic heterocycles. The number of rotatable bonds is 6. The summed E-state index contributed by atoms with van der Waals surface area (Å²) in [5.41, 5.74) is 1.84. The lowest BCUT2D eigenvalue weighted by Crippen LogP contribution is -2.15. The van der Waals surface area contributed by atoms with Gasteiger partial charge in [-0.15, -0.1) is 0 Å². The van der Waals surface area contributed by atoms with Gasteiger partial charge in [0.05, 0.1) is 12.9 Å². The Balaban J connectivity index is 2.31. The third kappa shape index (κ3) is 5.76. The van der Waals surface area contributed by atoms with E-state index >= 15 is 0 Å². The molecule has 0 aliphatic carbocycles. The molecule has 7 heteroatoms. The molecular weight excluding hydrogens is 423 g/mol. The summed E-state index contributed by atoms with van der Waals surface area (Å²) in [6.45, 7) is 0.0421. The van der Waals surface area contributed by atoms with E-state index in [1.165, 1.54) is 0 Å². The summed E-state index contributed by atoms with van der Waals surface area (Å²) in [5.74, 6) is -0.168. The summed E-state index contributed by atoms with van der Waals surface area (Å²) in [7, 11) is -3.52. The molecule has 2 rings (SSSR count). The van der Waals surface area contributed by atoms with E-state index in [4.69, 9.17) is 27.4 Å². The Labute approximate surface area is 154 Å². The standard InChI is InChI=1S/C16H15BrCl2O3S/c1-23(20,21)22-10-12(14-4-2-3-5-15(14)17)8-11-6-7-13(18)9-16(11)19/h2-7,9,12H,8,10H2,1H3/t12-/m1/s1. The van der Waals surface area contributed by atoms with Crippen molar-refractivity contribution in [2.45, 2.75) is 12.3 Å². The molecule has 124 valence electrons. The predicted octanol–water partition coefficient (Wildman–Crippen LogP) is 5.06. The summed E-state index contributed by atoms with van der Waals surface area (Å²) in [4.78, 5) is 0. The molecule has 2 aromatic carbocycles. The van der Waals surface area contributed by atoms with E-state index in [1.807, 2.05) is 30.3 Å². The summed E-state index contributed by atoms with van der Waals surface area (Å²) in [6.07, 6.45) is 1.58. The van der Waals surface area contributed by atoms with Gasteiger partial charge in [0.15, 0.2) is 0 Å². The highest BCUT2D eigenvalue weighted by Crippen LogP contribution is 2.31. The molecule has 0 spiro atoms. The first-order chi connectivity index (χ1) is 10.8. The lowest BCUT2D eigenvalue weighted by atomic mass is 9.93. The van der Waals surface area contributed by atoms with Crippen LogP contribution in [0.25, 0.3) is 0 Å². The molecule has 0 aromatic heterocycles. The van der Waals surface area contributed by atoms with Gasteiger partial charge in [-0.3, -0.25) is 4.18 Å². The molecule has 3 nitrogen and oxygen atoms in total. The minimum Gasteiger partial charge on any atom is -0.270 e. The van der Waals surface area contributed by atoms with Crippen molar-refractivity contribution in [2.24, 2.45) is 0 Å². The Morgan fingerprint density at radius 1 is 1.17 bits per heavy atom. The van der Waals surface area contributed by atoms with Crippen LogP contribution in [-0.4, -0.2) is 21.3 Å². The smallest absolute Gasteiger partial charge is 0.264 e. The number of benzene rings is 2. The van der Waals surface area contributed by atoms with E-state index in [2.05, 4.69) is 15.9 Å². The molecule has 23 heavy (non-hydrogen) atoms. The van der Waals surface area contributed by atoms with Crippen LogP contribution in [0.1, 0.15) is 17.0 Å². The monoisotopic (exact) mass is 436 g/mol. The normalized spacial score (nSPS) is 13.0. The third-order valence-corrected chi connectivity index (χ3v) is 5.18. The van der Waals surface area contributed by atoms with Gasteiger partial charge in [0.2, 0.25) is 0 Å². The van der Waals surface area contributed by atoms with Crippen molar-refractivity contribution in [2.75, 3.05) is 12.9 Å². The highest BCUT2D eigenvalue weighted by Gasteiger charge is 2.19. The van der Waals surface area contributed by atoms with Crippen LogP contribution in [0.5, 0.6) is 0 Å².